The Hall–Kier alpha value is -3.49. The molecule has 0 saturated carbocycles. The Labute approximate surface area is 171 Å². The molecule has 0 fully saturated rings. The van der Waals surface area contributed by atoms with Crippen molar-refractivity contribution in [2.45, 2.75) is 18.8 Å². The van der Waals surface area contributed by atoms with Gasteiger partial charge in [-0.1, -0.05) is 30.3 Å². The molecule has 6 nitrogen and oxygen atoms in total. The quantitative estimate of drug-likeness (QED) is 0.635. The fourth-order valence-corrected chi connectivity index (χ4v) is 3.06. The van der Waals surface area contributed by atoms with E-state index in [0.29, 0.717) is 22.7 Å². The van der Waals surface area contributed by atoms with Crippen LogP contribution in [0.1, 0.15) is 28.6 Å². The Bertz CT molecular complexity index is 1020. The smallest absolute Gasteiger partial charge is 0.416 e. The third-order valence-corrected chi connectivity index (χ3v) is 4.55. The van der Waals surface area contributed by atoms with Crippen LogP contribution in [0.3, 0.4) is 0 Å². The van der Waals surface area contributed by atoms with Gasteiger partial charge in [-0.05, 0) is 23.8 Å². The van der Waals surface area contributed by atoms with Crippen LogP contribution >= 0.6 is 0 Å². The predicted octanol–water partition coefficient (Wildman–Crippen LogP) is 4.04. The Morgan fingerprint density at radius 2 is 1.97 bits per heavy atom. The number of benzene rings is 2. The van der Waals surface area contributed by atoms with Gasteiger partial charge in [0.05, 0.1) is 12.7 Å². The van der Waals surface area contributed by atoms with Crippen molar-refractivity contribution in [1.29, 1.82) is 0 Å². The van der Waals surface area contributed by atoms with E-state index < -0.39 is 23.8 Å². The number of urea groups is 1. The molecule has 30 heavy (non-hydrogen) atoms. The summed E-state index contributed by atoms with van der Waals surface area (Å²) in [7, 11) is 3.33. The van der Waals surface area contributed by atoms with Crippen LogP contribution in [0.25, 0.3) is 0 Å². The van der Waals surface area contributed by atoms with Crippen LogP contribution in [0, 0.1) is 0 Å². The maximum atomic E-state index is 12.9. The molecule has 1 aromatic heterocycles. The number of alkyl halides is 3. The standard InChI is InChI=1S/C21H21F3N4O2/c1-28-11-10-25-19(28)18(16-8-3-4-9-17(16)30-2)27-20(29)26-13-14-6-5-7-15(12-14)21(22,23)24/h3-12,18H,13H2,1-2H3,(H2,26,27,29)/t18-/m1/s1. The second-order valence-electron chi connectivity index (χ2n) is 6.60. The van der Waals surface area contributed by atoms with Gasteiger partial charge in [-0.15, -0.1) is 0 Å². The van der Waals surface area contributed by atoms with Crippen molar-refractivity contribution in [2.75, 3.05) is 7.11 Å². The first-order valence-corrected chi connectivity index (χ1v) is 9.10. The van der Waals surface area contributed by atoms with Crippen molar-refractivity contribution in [3.63, 3.8) is 0 Å². The molecule has 0 spiro atoms. The molecule has 0 radical (unpaired) electrons. The number of carbonyl (C=O) groups excluding carboxylic acids is 1. The zero-order chi connectivity index (χ0) is 21.7. The van der Waals surface area contributed by atoms with Crippen LogP contribution in [0.5, 0.6) is 5.75 Å². The number of hydrogen-bond acceptors (Lipinski definition) is 3. The van der Waals surface area contributed by atoms with E-state index >= 15 is 0 Å². The first-order chi connectivity index (χ1) is 14.3. The first kappa shape index (κ1) is 21.2. The average molecular weight is 418 g/mol. The van der Waals surface area contributed by atoms with Crippen LogP contribution in [0.15, 0.2) is 60.9 Å². The third kappa shape index (κ3) is 4.91. The number of halogens is 3. The summed E-state index contributed by atoms with van der Waals surface area (Å²) >= 11 is 0. The van der Waals surface area contributed by atoms with Gasteiger partial charge in [0.25, 0.3) is 0 Å². The van der Waals surface area contributed by atoms with E-state index in [4.69, 9.17) is 4.74 Å². The van der Waals surface area contributed by atoms with Gasteiger partial charge < -0.3 is 19.9 Å². The summed E-state index contributed by atoms with van der Waals surface area (Å²) in [6.07, 6.45) is -1.08. The number of methoxy groups -OCH3 is 1. The second-order valence-corrected chi connectivity index (χ2v) is 6.60. The molecule has 0 bridgehead atoms. The summed E-state index contributed by atoms with van der Waals surface area (Å²) in [6.45, 7) is -0.0606. The molecule has 1 heterocycles. The minimum absolute atomic E-state index is 0.0606. The van der Waals surface area contributed by atoms with Gasteiger partial charge in [0, 0.05) is 31.5 Å². The molecular weight excluding hydrogens is 397 g/mol. The first-order valence-electron chi connectivity index (χ1n) is 9.10. The molecule has 9 heteroatoms. The van der Waals surface area contributed by atoms with E-state index in [1.165, 1.54) is 19.2 Å². The van der Waals surface area contributed by atoms with Gasteiger partial charge in [0.15, 0.2) is 0 Å². The summed E-state index contributed by atoms with van der Waals surface area (Å²) in [4.78, 5) is 16.9. The minimum Gasteiger partial charge on any atom is -0.496 e. The van der Waals surface area contributed by atoms with E-state index in [-0.39, 0.29) is 6.54 Å². The Morgan fingerprint density at radius 1 is 1.20 bits per heavy atom. The Morgan fingerprint density at radius 3 is 2.63 bits per heavy atom. The van der Waals surface area contributed by atoms with Crippen molar-refractivity contribution in [3.8, 4) is 5.75 Å². The van der Waals surface area contributed by atoms with Crippen LogP contribution in [-0.2, 0) is 19.8 Å². The van der Waals surface area contributed by atoms with Crippen LogP contribution in [0.2, 0.25) is 0 Å². The maximum absolute atomic E-state index is 12.9. The number of nitrogens with zero attached hydrogens (tertiary/aromatic N) is 2. The monoisotopic (exact) mass is 418 g/mol. The number of para-hydroxylation sites is 1. The molecule has 2 amide bonds. The van der Waals surface area contributed by atoms with Gasteiger partial charge >= 0.3 is 12.2 Å². The number of carbonyl (C=O) groups is 1. The lowest BCUT2D eigenvalue weighted by atomic mass is 10.0. The molecule has 1 atom stereocenters. The zero-order valence-corrected chi connectivity index (χ0v) is 16.4. The van der Waals surface area contributed by atoms with E-state index in [0.717, 1.165) is 12.1 Å². The zero-order valence-electron chi connectivity index (χ0n) is 16.4. The van der Waals surface area contributed by atoms with E-state index in [2.05, 4.69) is 15.6 Å². The lowest BCUT2D eigenvalue weighted by molar-refractivity contribution is -0.137. The fraction of sp³-hybridized carbons (Fsp3) is 0.238. The molecule has 3 rings (SSSR count). The summed E-state index contributed by atoms with van der Waals surface area (Å²) in [5.41, 5.74) is 0.274. The molecule has 158 valence electrons. The van der Waals surface area contributed by atoms with Crippen molar-refractivity contribution in [1.82, 2.24) is 20.2 Å². The number of nitrogens with one attached hydrogen (secondary N) is 2. The Kier molecular flexibility index (Phi) is 6.29. The predicted molar refractivity (Wildman–Crippen MR) is 105 cm³/mol. The number of hydrogen-bond donors (Lipinski definition) is 2. The lowest BCUT2D eigenvalue weighted by Gasteiger charge is -2.21. The molecule has 3 aromatic rings. The van der Waals surface area contributed by atoms with Crippen LogP contribution in [-0.4, -0.2) is 22.7 Å². The van der Waals surface area contributed by atoms with Crippen molar-refractivity contribution in [3.05, 3.63) is 83.4 Å². The largest absolute Gasteiger partial charge is 0.496 e. The summed E-state index contributed by atoms with van der Waals surface area (Å²) in [6, 6.07) is 10.9. The van der Waals surface area contributed by atoms with Crippen molar-refractivity contribution >= 4 is 6.03 Å². The molecule has 2 N–H and O–H groups in total. The molecule has 2 aromatic carbocycles. The second kappa shape index (κ2) is 8.89. The number of ether oxygens (including phenoxy) is 1. The highest BCUT2D eigenvalue weighted by molar-refractivity contribution is 5.75. The molecule has 0 unspecified atom stereocenters. The van der Waals surface area contributed by atoms with Gasteiger partial charge in [0.1, 0.15) is 17.6 Å². The van der Waals surface area contributed by atoms with Gasteiger partial charge in [0.2, 0.25) is 0 Å². The number of aromatic nitrogens is 2. The highest BCUT2D eigenvalue weighted by Gasteiger charge is 2.30. The SMILES string of the molecule is COc1ccccc1[C@@H](NC(=O)NCc1cccc(C(F)(F)F)c1)c1nccn1C. The summed E-state index contributed by atoms with van der Waals surface area (Å²) in [5, 5.41) is 5.43. The molecular formula is C21H21F3N4O2. The number of aryl methyl sites for hydroxylation is 1. The normalized spacial score (nSPS) is 12.3. The lowest BCUT2D eigenvalue weighted by Crippen LogP contribution is -2.39. The molecule has 0 aliphatic heterocycles. The number of rotatable bonds is 6. The van der Waals surface area contributed by atoms with Gasteiger partial charge in [-0.3, -0.25) is 0 Å². The minimum atomic E-state index is -4.44. The topological polar surface area (TPSA) is 68.2 Å². The highest BCUT2D eigenvalue weighted by atomic mass is 19.4. The average Bonchev–Trinajstić information content (AvgIpc) is 3.15. The Balaban J connectivity index is 1.77. The number of amides is 2. The summed E-state index contributed by atoms with van der Waals surface area (Å²) in [5.74, 6) is 1.15. The summed E-state index contributed by atoms with van der Waals surface area (Å²) < 4.78 is 45.8. The fourth-order valence-electron chi connectivity index (χ4n) is 3.06. The van der Waals surface area contributed by atoms with Crippen molar-refractivity contribution in [2.24, 2.45) is 7.05 Å². The van der Waals surface area contributed by atoms with E-state index in [9.17, 15) is 18.0 Å². The molecule has 0 aliphatic carbocycles. The third-order valence-electron chi connectivity index (χ3n) is 4.55. The molecule has 0 aliphatic rings. The van der Waals surface area contributed by atoms with E-state index in [1.807, 2.05) is 18.2 Å². The van der Waals surface area contributed by atoms with Crippen molar-refractivity contribution < 1.29 is 22.7 Å². The van der Waals surface area contributed by atoms with E-state index in [1.54, 1.807) is 30.1 Å². The van der Waals surface area contributed by atoms with Crippen LogP contribution in [0.4, 0.5) is 18.0 Å². The molecule has 0 saturated heterocycles. The van der Waals surface area contributed by atoms with Crippen LogP contribution < -0.4 is 15.4 Å². The van der Waals surface area contributed by atoms with Gasteiger partial charge in [-0.2, -0.15) is 13.2 Å². The number of imidazole rings is 1. The maximum Gasteiger partial charge on any atom is 0.416 e. The highest BCUT2D eigenvalue weighted by Crippen LogP contribution is 2.30. The van der Waals surface area contributed by atoms with Gasteiger partial charge in [-0.25, -0.2) is 9.78 Å².